The van der Waals surface area contributed by atoms with Crippen LogP contribution in [0.3, 0.4) is 0 Å². The zero-order valence-electron chi connectivity index (χ0n) is 24.7. The van der Waals surface area contributed by atoms with Crippen molar-refractivity contribution < 1.29 is 44.5 Å². The third-order valence-electron chi connectivity index (χ3n) is 7.40. The highest BCUT2D eigenvalue weighted by atomic mass is 16.6. The van der Waals surface area contributed by atoms with Gasteiger partial charge in [-0.15, -0.1) is 0 Å². The summed E-state index contributed by atoms with van der Waals surface area (Å²) in [6.45, 7) is 1.68. The lowest BCUT2D eigenvalue weighted by atomic mass is 10.0. The number of aryl methyl sites for hydroxylation is 1. The maximum atomic E-state index is 11.7. The van der Waals surface area contributed by atoms with Crippen molar-refractivity contribution >= 4 is 29.6 Å². The van der Waals surface area contributed by atoms with Crippen molar-refractivity contribution in [3.63, 3.8) is 0 Å². The van der Waals surface area contributed by atoms with E-state index in [1.807, 2.05) is 4.90 Å². The van der Waals surface area contributed by atoms with Gasteiger partial charge < -0.3 is 20.4 Å². The molecule has 1 fully saturated rings. The molecule has 16 heteroatoms. The smallest absolute Gasteiger partial charge is 0.317 e. The van der Waals surface area contributed by atoms with Crippen LogP contribution in [0.25, 0.3) is 0 Å². The summed E-state index contributed by atoms with van der Waals surface area (Å²) in [6, 6.07) is 5.58. The van der Waals surface area contributed by atoms with Crippen LogP contribution in [-0.4, -0.2) is 165 Å². The molecule has 0 bridgehead atoms. The van der Waals surface area contributed by atoms with Gasteiger partial charge in [-0.25, -0.2) is 0 Å². The fraction of sp³-hybridized carbons (Fsp3) is 0.607. The van der Waals surface area contributed by atoms with Crippen LogP contribution in [0.5, 0.6) is 0 Å². The van der Waals surface area contributed by atoms with Gasteiger partial charge >= 0.3 is 23.9 Å². The second kappa shape index (κ2) is 18.9. The number of carboxylic acid groups (broad SMARTS) is 4. The molecule has 1 aliphatic heterocycles. The van der Waals surface area contributed by atoms with E-state index in [4.69, 9.17) is 7.05 Å². The molecule has 0 aromatic heterocycles. The first kappa shape index (κ1) is 36.5. The van der Waals surface area contributed by atoms with Crippen molar-refractivity contribution in [2.24, 2.45) is 0 Å². The van der Waals surface area contributed by atoms with E-state index in [0.717, 1.165) is 5.56 Å². The van der Waals surface area contributed by atoms with Crippen molar-refractivity contribution in [3.05, 3.63) is 47.0 Å². The van der Waals surface area contributed by atoms with Crippen molar-refractivity contribution in [2.75, 3.05) is 85.1 Å². The van der Waals surface area contributed by atoms with Crippen LogP contribution in [0.2, 0.25) is 0 Å². The van der Waals surface area contributed by atoms with Gasteiger partial charge in [0.1, 0.15) is 0 Å². The summed E-state index contributed by atoms with van der Waals surface area (Å²) in [5.41, 5.74) is 0.801. The summed E-state index contributed by atoms with van der Waals surface area (Å²) in [5.74, 6) is -4.38. The molecule has 44 heavy (non-hydrogen) atoms. The number of hydrogen-bond acceptors (Lipinski definition) is 11. The van der Waals surface area contributed by atoms with Gasteiger partial charge in [-0.2, -0.15) is 0 Å². The average Bonchev–Trinajstić information content (AvgIpc) is 2.93. The molecule has 0 aliphatic carbocycles. The van der Waals surface area contributed by atoms with Gasteiger partial charge in [-0.3, -0.25) is 53.8 Å². The Hall–Kier alpha value is -3.70. The van der Waals surface area contributed by atoms with Gasteiger partial charge in [0.2, 0.25) is 0 Å². The maximum Gasteiger partial charge on any atom is 0.317 e. The minimum Gasteiger partial charge on any atom is -0.480 e. The molecule has 1 aliphatic rings. The second-order valence-electron chi connectivity index (χ2n) is 10.8. The van der Waals surface area contributed by atoms with E-state index in [2.05, 4.69) is 0 Å². The number of carboxylic acids is 4. The topological polar surface area (TPSA) is 209 Å². The van der Waals surface area contributed by atoms with Crippen LogP contribution in [0.1, 0.15) is 18.4 Å². The minimum absolute atomic E-state index is 0.0379. The number of non-ortho nitro benzene ring substituents is 1. The molecule has 2 radical (unpaired) electrons. The standard InChI is InChI=1S/C28H42N6O10/c1-29-9-11-31(18-25(35)36)15-13-30(14-16-32(12-10-29)19-26(37)38)17-24(33(20-27(39)40)21-28(41)42)4-2-3-22-5-7-23(8-6-22)34(43)44/h1,5-8,24H,2-4,9-21H2,(H,35,36)(H,37,38)(H,39,40)(H,41,42). The molecule has 1 aromatic carbocycles. The lowest BCUT2D eigenvalue weighted by Gasteiger charge is -2.36. The lowest BCUT2D eigenvalue weighted by Crippen LogP contribution is -2.51. The van der Waals surface area contributed by atoms with Crippen LogP contribution in [0, 0.1) is 17.2 Å². The number of aliphatic carboxylic acids is 4. The SMILES string of the molecule is [CH]N1CCN(CC(=O)O)CCN(CC(CCCc2ccc([N+](=O)[O-])cc2)N(CC(=O)O)CC(=O)O)CCN(CC(=O)O)CC1. The maximum absolute atomic E-state index is 11.7. The molecule has 1 aromatic rings. The average molecular weight is 623 g/mol. The Morgan fingerprint density at radius 1 is 0.773 bits per heavy atom. The van der Waals surface area contributed by atoms with E-state index in [1.165, 1.54) is 21.9 Å². The number of benzene rings is 1. The number of rotatable bonds is 16. The number of hydrogen-bond donors (Lipinski definition) is 4. The van der Waals surface area contributed by atoms with Gasteiger partial charge in [0, 0.05) is 84.1 Å². The van der Waals surface area contributed by atoms with Crippen LogP contribution in [-0.2, 0) is 25.6 Å². The van der Waals surface area contributed by atoms with E-state index in [-0.39, 0.29) is 25.3 Å². The monoisotopic (exact) mass is 622 g/mol. The predicted octanol–water partition coefficient (Wildman–Crippen LogP) is -0.183. The van der Waals surface area contributed by atoms with Crippen molar-refractivity contribution in [2.45, 2.75) is 25.3 Å². The van der Waals surface area contributed by atoms with Crippen LogP contribution >= 0.6 is 0 Å². The first-order valence-corrected chi connectivity index (χ1v) is 14.3. The highest BCUT2D eigenvalue weighted by Crippen LogP contribution is 2.17. The fourth-order valence-corrected chi connectivity index (χ4v) is 5.11. The molecule has 0 saturated carbocycles. The van der Waals surface area contributed by atoms with Crippen molar-refractivity contribution in [1.29, 1.82) is 0 Å². The van der Waals surface area contributed by atoms with E-state index in [9.17, 15) is 49.7 Å². The first-order valence-electron chi connectivity index (χ1n) is 14.3. The molecule has 2 rings (SSSR count). The van der Waals surface area contributed by atoms with Gasteiger partial charge in [0.25, 0.3) is 5.69 Å². The lowest BCUT2D eigenvalue weighted by molar-refractivity contribution is -0.384. The Morgan fingerprint density at radius 3 is 1.66 bits per heavy atom. The molecule has 1 saturated heterocycles. The minimum atomic E-state index is -1.19. The molecule has 4 N–H and O–H groups in total. The molecular weight excluding hydrogens is 580 g/mol. The van der Waals surface area contributed by atoms with Gasteiger partial charge in [0.15, 0.2) is 0 Å². The van der Waals surface area contributed by atoms with Gasteiger partial charge in [0.05, 0.1) is 31.1 Å². The van der Waals surface area contributed by atoms with Crippen molar-refractivity contribution in [1.82, 2.24) is 24.5 Å². The third kappa shape index (κ3) is 14.7. The summed E-state index contributed by atoms with van der Waals surface area (Å²) in [7, 11) is 6.06. The number of nitrogens with zero attached hydrogens (tertiary/aromatic N) is 6. The van der Waals surface area contributed by atoms with Gasteiger partial charge in [-0.05, 0) is 24.8 Å². The van der Waals surface area contributed by atoms with Crippen molar-refractivity contribution in [3.8, 4) is 0 Å². The molecule has 1 unspecified atom stereocenters. The first-order chi connectivity index (χ1) is 20.8. The Balaban J connectivity index is 2.28. The molecule has 0 amide bonds. The number of carbonyl (C=O) groups is 4. The third-order valence-corrected chi connectivity index (χ3v) is 7.40. The highest BCUT2D eigenvalue weighted by molar-refractivity contribution is 5.72. The van der Waals surface area contributed by atoms with Crippen LogP contribution in [0.15, 0.2) is 24.3 Å². The van der Waals surface area contributed by atoms with Gasteiger partial charge in [-0.1, -0.05) is 12.1 Å². The summed E-state index contributed by atoms with van der Waals surface area (Å²) < 4.78 is 0. The summed E-state index contributed by atoms with van der Waals surface area (Å²) in [6.07, 6.45) is 1.47. The van der Waals surface area contributed by atoms with E-state index in [1.54, 1.807) is 21.9 Å². The normalized spacial score (nSPS) is 17.4. The Bertz CT molecular complexity index is 1060. The quantitative estimate of drug-likeness (QED) is 0.139. The Labute approximate surface area is 256 Å². The molecule has 244 valence electrons. The Kier molecular flexibility index (Phi) is 15.6. The zero-order chi connectivity index (χ0) is 32.6. The molecule has 16 nitrogen and oxygen atoms in total. The zero-order valence-corrected chi connectivity index (χ0v) is 24.7. The molecule has 1 heterocycles. The van der Waals surface area contributed by atoms with E-state index in [0.29, 0.717) is 71.6 Å². The highest BCUT2D eigenvalue weighted by Gasteiger charge is 2.26. The summed E-state index contributed by atoms with van der Waals surface area (Å²) >= 11 is 0. The van der Waals surface area contributed by atoms with Crippen LogP contribution < -0.4 is 0 Å². The number of nitro benzene ring substituents is 1. The van der Waals surface area contributed by atoms with E-state index >= 15 is 0 Å². The molecule has 0 spiro atoms. The van der Waals surface area contributed by atoms with E-state index < -0.39 is 47.9 Å². The van der Waals surface area contributed by atoms with Crippen LogP contribution in [0.4, 0.5) is 5.69 Å². The largest absolute Gasteiger partial charge is 0.480 e. The summed E-state index contributed by atoms with van der Waals surface area (Å²) in [4.78, 5) is 65.2. The fourth-order valence-electron chi connectivity index (χ4n) is 5.11. The number of nitro groups is 1. The predicted molar refractivity (Wildman–Crippen MR) is 157 cm³/mol. The molecular formula is C28H42N6O10. The summed E-state index contributed by atoms with van der Waals surface area (Å²) in [5, 5.41) is 48.9. The molecule has 1 atom stereocenters. The Morgan fingerprint density at radius 2 is 1.23 bits per heavy atom. The second-order valence-corrected chi connectivity index (χ2v) is 10.8.